The van der Waals surface area contributed by atoms with Crippen LogP contribution >= 0.6 is 0 Å². The van der Waals surface area contributed by atoms with Crippen molar-refractivity contribution in [2.75, 3.05) is 0 Å². The summed E-state index contributed by atoms with van der Waals surface area (Å²) >= 11 is 0. The monoisotopic (exact) mass is 103 g/mol. The molecule has 1 heterocycles. The van der Waals surface area contributed by atoms with Crippen LogP contribution in [-0.2, 0) is 0 Å². The molecule has 0 aromatic carbocycles. The lowest BCUT2D eigenvalue weighted by Gasteiger charge is -1.82. The van der Waals surface area contributed by atoms with Gasteiger partial charge in [-0.15, -0.1) is 0 Å². The molecule has 1 aromatic heterocycles. The lowest BCUT2D eigenvalue weighted by Crippen LogP contribution is -1.68. The third kappa shape index (κ3) is 1.000. The number of nitrogens with zero attached hydrogens (tertiary/aromatic N) is 1. The van der Waals surface area contributed by atoms with Crippen LogP contribution in [0.25, 0.3) is 0 Å². The van der Waals surface area contributed by atoms with Gasteiger partial charge in [0.1, 0.15) is 0 Å². The van der Waals surface area contributed by atoms with Gasteiger partial charge in [0.2, 0.25) is 0 Å². The van der Waals surface area contributed by atoms with Gasteiger partial charge in [-0.25, -0.2) is 0 Å². The molecule has 1 rings (SSSR count). The summed E-state index contributed by atoms with van der Waals surface area (Å²) in [6.45, 7) is 1.84. The second-order valence-electron chi connectivity index (χ2n) is 1.40. The Morgan fingerprint density at radius 3 is 2.86 bits per heavy atom. The van der Waals surface area contributed by atoms with Gasteiger partial charge in [-0.3, -0.25) is 4.98 Å². The second kappa shape index (κ2) is 1.73. The summed E-state index contributed by atoms with van der Waals surface area (Å²) < 4.78 is 24.1. The Balaban J connectivity index is 0.000000461. The first-order valence-electron chi connectivity index (χ1n) is 4.10. The van der Waals surface area contributed by atoms with E-state index in [0.717, 1.165) is 5.56 Å². The molecule has 1 heteroatoms. The number of aromatic nitrogens is 1. The lowest BCUT2D eigenvalue weighted by molar-refractivity contribution is 1.29. The fraction of sp³-hybridized carbons (Fsp3) is 0.167. The molecule has 0 bridgehead atoms. The molecule has 0 fully saturated rings. The second-order valence-corrected chi connectivity index (χ2v) is 1.40. The molecule has 0 saturated heterocycles. The SMILES string of the molecule is [3H][3H].[3H]c1cc(C)cc([3H])n1. The maximum atomic E-state index is 7.05. The summed E-state index contributed by atoms with van der Waals surface area (Å²) in [5.74, 6) is 0. The maximum absolute atomic E-state index is 7.05. The van der Waals surface area contributed by atoms with Gasteiger partial charge in [-0.05, 0) is 24.6 Å². The van der Waals surface area contributed by atoms with Crippen molar-refractivity contribution in [1.29, 1.82) is 0 Å². The first-order chi connectivity index (χ1) is 5.18. The highest BCUT2D eigenvalue weighted by molar-refractivity contribution is 5.05. The topological polar surface area (TPSA) is 12.9 Å². The number of pyridine rings is 1. The van der Waals surface area contributed by atoms with E-state index < -0.39 is 0 Å². The molecular weight excluding hydrogens is 86.1 g/mol. The summed E-state index contributed by atoms with van der Waals surface area (Å²) in [5.41, 5.74) is 0.917. The van der Waals surface area contributed by atoms with E-state index in [1.807, 2.05) is 6.92 Å². The summed E-state index contributed by atoms with van der Waals surface area (Å²) in [5, 5.41) is 0. The highest BCUT2D eigenvalue weighted by atomic mass is 14.6. The minimum Gasteiger partial charge on any atom is -0.265 e. The van der Waals surface area contributed by atoms with Crippen molar-refractivity contribution in [2.45, 2.75) is 6.92 Å². The van der Waals surface area contributed by atoms with Gasteiger partial charge >= 0.3 is 0 Å². The van der Waals surface area contributed by atoms with Crippen LogP contribution in [0, 0.1) is 6.92 Å². The Morgan fingerprint density at radius 2 is 2.43 bits per heavy atom. The highest BCUT2D eigenvalue weighted by Crippen LogP contribution is 1.88. The predicted molar refractivity (Wildman–Crippen MR) is 31.1 cm³/mol. The summed E-state index contributed by atoms with van der Waals surface area (Å²) in [6.07, 6.45) is 0.333. The molecule has 0 radical (unpaired) electrons. The predicted octanol–water partition coefficient (Wildman–Crippen LogP) is 1.64. The first kappa shape index (κ1) is 1.95. The van der Waals surface area contributed by atoms with E-state index in [0.29, 0.717) is 0 Å². The Kier molecular flexibility index (Phi) is 0.483. The van der Waals surface area contributed by atoms with Gasteiger partial charge in [0.05, 0.1) is 2.74 Å². The molecule has 0 unspecified atom stereocenters. The van der Waals surface area contributed by atoms with E-state index in [9.17, 15) is 0 Å². The largest absolute Gasteiger partial charge is 0.265 e. The zero-order valence-corrected chi connectivity index (χ0v) is 4.10. The van der Waals surface area contributed by atoms with Crippen LogP contribution in [0.15, 0.2) is 24.5 Å². The molecule has 0 saturated carbocycles. The van der Waals surface area contributed by atoms with E-state index in [1.165, 1.54) is 0 Å². The van der Waals surface area contributed by atoms with Crippen LogP contribution in [-0.4, -0.2) is 4.98 Å². The molecule has 7 heavy (non-hydrogen) atoms. The normalized spacial score (nSPS) is 13.9. The first-order valence-corrected chi connectivity index (χ1v) is 2.10. The van der Waals surface area contributed by atoms with Crippen LogP contribution in [0.1, 0.15) is 11.3 Å². The average molecular weight is 103 g/mol. The molecule has 0 N–H and O–H groups in total. The molecule has 0 atom stereocenters. The van der Waals surface area contributed by atoms with E-state index in [4.69, 9.17) is 5.71 Å². The molecule has 1 nitrogen and oxygen atoms in total. The van der Waals surface area contributed by atoms with Crippen molar-refractivity contribution in [3.05, 3.63) is 30.0 Å². The quantitative estimate of drug-likeness (QED) is 0.486. The van der Waals surface area contributed by atoms with Gasteiger partial charge in [-0.2, -0.15) is 0 Å². The molecule has 38 valence electrons. The molecule has 0 aliphatic carbocycles. The fourth-order valence-electron chi connectivity index (χ4n) is 0.347. The standard InChI is InChI=1S/C6H7N.H2/c1-6-2-4-7-5-3-6;/h2-5H,1H3;1H/i4T,5T;1+2T. The molecule has 1 aromatic rings. The minimum absolute atomic E-state index is 0.167. The Bertz CT molecular complexity index is 175. The van der Waals surface area contributed by atoms with Crippen LogP contribution in [0.4, 0.5) is 0 Å². The third-order valence-electron chi connectivity index (χ3n) is 0.714. The Hall–Kier alpha value is -0.850. The minimum atomic E-state index is 0.167. The van der Waals surface area contributed by atoms with Gasteiger partial charge in [0.15, 0.2) is 0 Å². The fourth-order valence-corrected chi connectivity index (χ4v) is 0.347. The number of hydrogen-bond donors (Lipinski definition) is 0. The third-order valence-corrected chi connectivity index (χ3v) is 0.714. The zero-order valence-electron chi connectivity index (χ0n) is 8.10. The Morgan fingerprint density at radius 1 is 1.86 bits per heavy atom. The van der Waals surface area contributed by atoms with Crippen LogP contribution in [0.2, 0.25) is 0 Å². The van der Waals surface area contributed by atoms with E-state index >= 15 is 0 Å². The van der Waals surface area contributed by atoms with E-state index in [-0.39, 0.29) is 12.3 Å². The zero-order chi connectivity index (χ0) is 8.85. The molecule has 0 spiro atoms. The van der Waals surface area contributed by atoms with Crippen LogP contribution < -0.4 is 0 Å². The van der Waals surface area contributed by atoms with Gasteiger partial charge in [0, 0.05) is 15.3 Å². The van der Waals surface area contributed by atoms with Crippen molar-refractivity contribution in [2.24, 2.45) is 0 Å². The smallest absolute Gasteiger partial charge is 0.0840 e. The summed E-state index contributed by atoms with van der Waals surface area (Å²) in [6, 6.07) is 3.25. The molecule has 0 amide bonds. The number of hydrogen-bond acceptors (Lipinski definition) is 1. The summed E-state index contributed by atoms with van der Waals surface area (Å²) in [4.78, 5) is 3.57. The Labute approximate surface area is 48.9 Å². The molecule has 0 aliphatic rings. The average Bonchev–Trinajstić information content (AvgIpc) is 1.88. The van der Waals surface area contributed by atoms with Gasteiger partial charge in [0.25, 0.3) is 0 Å². The lowest BCUT2D eigenvalue weighted by atomic mass is 10.3. The maximum Gasteiger partial charge on any atom is 0.0840 e. The number of rotatable bonds is 0. The summed E-state index contributed by atoms with van der Waals surface area (Å²) in [7, 11) is 0. The molecular formula is C6H9N. The van der Waals surface area contributed by atoms with Gasteiger partial charge < -0.3 is 0 Å². The highest BCUT2D eigenvalue weighted by Gasteiger charge is 1.72. The van der Waals surface area contributed by atoms with E-state index in [1.54, 1.807) is 12.1 Å². The van der Waals surface area contributed by atoms with Crippen LogP contribution in [0.3, 0.4) is 0 Å². The van der Waals surface area contributed by atoms with E-state index in [2.05, 4.69) is 4.98 Å². The van der Waals surface area contributed by atoms with Crippen molar-refractivity contribution in [3.63, 3.8) is 0 Å². The molecule has 0 aliphatic heterocycles. The van der Waals surface area contributed by atoms with Crippen molar-refractivity contribution in [1.82, 2.24) is 4.98 Å². The van der Waals surface area contributed by atoms with Crippen molar-refractivity contribution in [3.8, 4) is 0 Å². The van der Waals surface area contributed by atoms with Crippen molar-refractivity contribution >= 4 is 0 Å². The van der Waals surface area contributed by atoms with Crippen LogP contribution in [0.5, 0.6) is 0 Å². The van der Waals surface area contributed by atoms with Gasteiger partial charge in [-0.1, -0.05) is 0 Å². The number of aryl methyl sites for hydroxylation is 1. The van der Waals surface area contributed by atoms with Crippen molar-refractivity contribution < 1.29 is 5.71 Å².